The number of aromatic carboxylic acids is 1. The molecule has 0 spiro atoms. The van der Waals surface area contributed by atoms with Crippen LogP contribution < -0.4 is 0 Å². The van der Waals surface area contributed by atoms with Crippen LogP contribution in [0.25, 0.3) is 0 Å². The van der Waals surface area contributed by atoms with Crippen LogP contribution in [0.1, 0.15) is 41.1 Å². The molecule has 21 heavy (non-hydrogen) atoms. The van der Waals surface area contributed by atoms with Crippen LogP contribution in [0, 0.1) is 13.8 Å². The van der Waals surface area contributed by atoms with Crippen molar-refractivity contribution in [1.29, 1.82) is 0 Å². The Labute approximate surface area is 123 Å². The number of hydrogen-bond donors (Lipinski definition) is 2. The third-order valence-corrected chi connectivity index (χ3v) is 5.88. The van der Waals surface area contributed by atoms with E-state index in [9.17, 15) is 23.4 Å². The number of aliphatic hydroxyl groups is 1. The number of hydrogen-bond acceptors (Lipinski definition) is 5. The Balaban J connectivity index is 2.56. The molecule has 0 radical (unpaired) electrons. The normalized spacial score (nSPS) is 20.6. The highest BCUT2D eigenvalue weighted by Gasteiger charge is 2.39. The SMILES string of the molecule is Cc1oc(C)c(S(=O)(=O)N2CCCCC2CO)c1C(=O)O. The third-order valence-electron chi connectivity index (χ3n) is 3.77. The molecule has 1 unspecified atom stereocenters. The lowest BCUT2D eigenvalue weighted by Gasteiger charge is -2.33. The zero-order valence-corrected chi connectivity index (χ0v) is 12.8. The van der Waals surface area contributed by atoms with Gasteiger partial charge in [-0.05, 0) is 26.7 Å². The first kappa shape index (κ1) is 16.0. The van der Waals surface area contributed by atoms with Crippen LogP contribution in [0.2, 0.25) is 0 Å². The largest absolute Gasteiger partial charge is 0.478 e. The van der Waals surface area contributed by atoms with E-state index in [1.165, 1.54) is 18.2 Å². The fourth-order valence-electron chi connectivity index (χ4n) is 2.81. The number of furan rings is 1. The minimum absolute atomic E-state index is 0.0622. The molecule has 7 nitrogen and oxygen atoms in total. The number of carboxylic acid groups (broad SMARTS) is 1. The van der Waals surface area contributed by atoms with E-state index in [-0.39, 0.29) is 35.1 Å². The predicted molar refractivity (Wildman–Crippen MR) is 73.8 cm³/mol. The number of sulfonamides is 1. The zero-order valence-electron chi connectivity index (χ0n) is 12.0. The average molecular weight is 317 g/mol. The number of carboxylic acids is 1. The summed E-state index contributed by atoms with van der Waals surface area (Å²) >= 11 is 0. The average Bonchev–Trinajstić information content (AvgIpc) is 2.74. The van der Waals surface area contributed by atoms with Crippen molar-refractivity contribution in [2.75, 3.05) is 13.2 Å². The molecule has 1 fully saturated rings. The van der Waals surface area contributed by atoms with Gasteiger partial charge < -0.3 is 14.6 Å². The zero-order chi connectivity index (χ0) is 15.8. The van der Waals surface area contributed by atoms with Crippen molar-refractivity contribution >= 4 is 16.0 Å². The second kappa shape index (κ2) is 5.78. The molecule has 1 aliphatic rings. The van der Waals surface area contributed by atoms with Gasteiger partial charge in [0.05, 0.1) is 6.61 Å². The van der Waals surface area contributed by atoms with Gasteiger partial charge in [0, 0.05) is 12.6 Å². The molecule has 1 aromatic heterocycles. The second-order valence-electron chi connectivity index (χ2n) is 5.17. The van der Waals surface area contributed by atoms with Crippen molar-refractivity contribution in [2.45, 2.75) is 44.0 Å². The maximum atomic E-state index is 12.8. The number of nitrogens with zero attached hydrogens (tertiary/aromatic N) is 1. The van der Waals surface area contributed by atoms with Crippen LogP contribution in [0.5, 0.6) is 0 Å². The van der Waals surface area contributed by atoms with Crippen molar-refractivity contribution < 1.29 is 27.8 Å². The first-order chi connectivity index (χ1) is 9.80. The first-order valence-corrected chi connectivity index (χ1v) is 8.20. The quantitative estimate of drug-likeness (QED) is 0.862. The standard InChI is InChI=1S/C13H19NO6S/c1-8-11(13(16)17)12(9(2)20-8)21(18,19)14-6-4-3-5-10(14)7-15/h10,15H,3-7H2,1-2H3,(H,16,17). The molecule has 8 heteroatoms. The molecule has 0 aromatic carbocycles. The lowest BCUT2D eigenvalue weighted by atomic mass is 10.1. The van der Waals surface area contributed by atoms with Gasteiger partial charge in [-0.3, -0.25) is 0 Å². The topological polar surface area (TPSA) is 108 Å². The minimum Gasteiger partial charge on any atom is -0.478 e. The molecule has 118 valence electrons. The summed E-state index contributed by atoms with van der Waals surface area (Å²) in [7, 11) is -4.01. The van der Waals surface area contributed by atoms with Crippen LogP contribution >= 0.6 is 0 Å². The van der Waals surface area contributed by atoms with Crippen LogP contribution in [0.15, 0.2) is 9.31 Å². The summed E-state index contributed by atoms with van der Waals surface area (Å²) in [6.45, 7) is 2.85. The Kier molecular flexibility index (Phi) is 4.40. The third kappa shape index (κ3) is 2.70. The Morgan fingerprint density at radius 2 is 2.00 bits per heavy atom. The highest BCUT2D eigenvalue weighted by Crippen LogP contribution is 2.32. The van der Waals surface area contributed by atoms with Crippen molar-refractivity contribution in [3.8, 4) is 0 Å². The maximum Gasteiger partial charge on any atom is 0.340 e. The van der Waals surface area contributed by atoms with Gasteiger partial charge in [0.2, 0.25) is 10.0 Å². The first-order valence-electron chi connectivity index (χ1n) is 6.76. The molecule has 0 saturated carbocycles. The predicted octanol–water partition coefficient (Wildman–Crippen LogP) is 1.13. The molecule has 2 rings (SSSR count). The highest BCUT2D eigenvalue weighted by atomic mass is 32.2. The van der Waals surface area contributed by atoms with Crippen molar-refractivity contribution in [3.63, 3.8) is 0 Å². The van der Waals surface area contributed by atoms with Gasteiger partial charge in [-0.15, -0.1) is 0 Å². The monoisotopic (exact) mass is 317 g/mol. The van der Waals surface area contributed by atoms with E-state index in [0.717, 1.165) is 6.42 Å². The Morgan fingerprint density at radius 3 is 2.57 bits per heavy atom. The molecule has 1 aromatic rings. The molecule has 0 aliphatic carbocycles. The fourth-order valence-corrected chi connectivity index (χ4v) is 4.87. The summed E-state index contributed by atoms with van der Waals surface area (Å²) in [5.74, 6) is -1.20. The number of piperidine rings is 1. The van der Waals surface area contributed by atoms with Crippen molar-refractivity contribution in [1.82, 2.24) is 4.31 Å². The van der Waals surface area contributed by atoms with Crippen molar-refractivity contribution in [2.24, 2.45) is 0 Å². The number of carbonyl (C=O) groups is 1. The van der Waals surface area contributed by atoms with Gasteiger partial charge >= 0.3 is 5.97 Å². The molecular formula is C13H19NO6S. The summed E-state index contributed by atoms with van der Waals surface area (Å²) in [5, 5.41) is 18.6. The maximum absolute atomic E-state index is 12.8. The lowest BCUT2D eigenvalue weighted by molar-refractivity contribution is 0.0691. The summed E-state index contributed by atoms with van der Waals surface area (Å²) in [5.41, 5.74) is -0.324. The van der Waals surface area contributed by atoms with E-state index in [1.807, 2.05) is 0 Å². The van der Waals surface area contributed by atoms with Gasteiger partial charge in [0.25, 0.3) is 0 Å². The van der Waals surface area contributed by atoms with Crippen LogP contribution in [0.3, 0.4) is 0 Å². The minimum atomic E-state index is -4.01. The van der Waals surface area contributed by atoms with E-state index in [4.69, 9.17) is 4.42 Å². The number of rotatable bonds is 4. The van der Waals surface area contributed by atoms with Crippen LogP contribution in [-0.4, -0.2) is 48.1 Å². The van der Waals surface area contributed by atoms with E-state index in [1.54, 1.807) is 0 Å². The van der Waals surface area contributed by atoms with Gasteiger partial charge in [-0.2, -0.15) is 4.31 Å². The smallest absolute Gasteiger partial charge is 0.340 e. The van der Waals surface area contributed by atoms with E-state index in [2.05, 4.69) is 0 Å². The Morgan fingerprint density at radius 1 is 1.33 bits per heavy atom. The lowest BCUT2D eigenvalue weighted by Crippen LogP contribution is -2.45. The molecule has 2 N–H and O–H groups in total. The van der Waals surface area contributed by atoms with E-state index >= 15 is 0 Å². The number of aliphatic hydroxyl groups excluding tert-OH is 1. The Hall–Kier alpha value is -1.38. The molecule has 0 amide bonds. The van der Waals surface area contributed by atoms with Crippen molar-refractivity contribution in [3.05, 3.63) is 17.1 Å². The second-order valence-corrected chi connectivity index (χ2v) is 7.00. The van der Waals surface area contributed by atoms with Gasteiger partial charge in [-0.25, -0.2) is 13.2 Å². The fraction of sp³-hybridized carbons (Fsp3) is 0.615. The molecule has 2 heterocycles. The molecule has 1 saturated heterocycles. The van der Waals surface area contributed by atoms with Crippen LogP contribution in [0.4, 0.5) is 0 Å². The summed E-state index contributed by atoms with van der Waals surface area (Å²) < 4.78 is 32.0. The molecular weight excluding hydrogens is 298 g/mol. The Bertz CT molecular complexity index is 648. The molecule has 1 aliphatic heterocycles. The van der Waals surface area contributed by atoms with E-state index < -0.39 is 22.0 Å². The summed E-state index contributed by atoms with van der Waals surface area (Å²) in [6.07, 6.45) is 2.09. The van der Waals surface area contributed by atoms with E-state index in [0.29, 0.717) is 12.8 Å². The van der Waals surface area contributed by atoms with Gasteiger partial charge in [0.15, 0.2) is 0 Å². The highest BCUT2D eigenvalue weighted by molar-refractivity contribution is 7.89. The summed E-state index contributed by atoms with van der Waals surface area (Å²) in [4.78, 5) is 11.0. The summed E-state index contributed by atoms with van der Waals surface area (Å²) in [6, 6.07) is -0.514. The number of aryl methyl sites for hydroxylation is 2. The molecule has 1 atom stereocenters. The van der Waals surface area contributed by atoms with Gasteiger partial charge in [0.1, 0.15) is 22.0 Å². The molecule has 0 bridgehead atoms. The van der Waals surface area contributed by atoms with Gasteiger partial charge in [-0.1, -0.05) is 6.42 Å². The van der Waals surface area contributed by atoms with Crippen LogP contribution in [-0.2, 0) is 10.0 Å².